The first kappa shape index (κ1) is 13.5. The molecule has 1 aliphatic rings. The number of ether oxygens (including phenoxy) is 1. The van der Waals surface area contributed by atoms with Crippen molar-refractivity contribution in [2.24, 2.45) is 0 Å². The van der Waals surface area contributed by atoms with E-state index in [-0.39, 0.29) is 6.03 Å². The summed E-state index contributed by atoms with van der Waals surface area (Å²) in [4.78, 5) is 17.6. The normalized spacial score (nSPS) is 15.3. The van der Waals surface area contributed by atoms with Gasteiger partial charge < -0.3 is 19.4 Å². The zero-order valence-electron chi connectivity index (χ0n) is 11.8. The largest absolute Gasteiger partial charge is 0.497 e. The maximum absolute atomic E-state index is 11.9. The fourth-order valence-corrected chi connectivity index (χ4v) is 2.25. The molecule has 0 saturated carbocycles. The van der Waals surface area contributed by atoms with E-state index in [0.29, 0.717) is 0 Å². The third-order valence-electron chi connectivity index (χ3n) is 3.35. The minimum absolute atomic E-state index is 0.0882. The number of amides is 2. The van der Waals surface area contributed by atoms with Gasteiger partial charge in [-0.3, -0.25) is 0 Å². The molecule has 1 aromatic rings. The third-order valence-corrected chi connectivity index (χ3v) is 3.35. The number of hydrogen-bond acceptors (Lipinski definition) is 3. The number of benzene rings is 1. The van der Waals surface area contributed by atoms with E-state index in [2.05, 4.69) is 11.0 Å². The van der Waals surface area contributed by atoms with E-state index in [1.54, 1.807) is 26.1 Å². The molecule has 0 aliphatic carbocycles. The van der Waals surface area contributed by atoms with Gasteiger partial charge in [0.2, 0.25) is 0 Å². The Labute approximate surface area is 114 Å². The number of carbonyl (C=O) groups is 1. The number of urea groups is 1. The monoisotopic (exact) mass is 263 g/mol. The average molecular weight is 263 g/mol. The molecule has 0 atom stereocenters. The van der Waals surface area contributed by atoms with Gasteiger partial charge in [-0.25, -0.2) is 4.79 Å². The SMILES string of the molecule is COc1cccc(N2CCN(C(=O)N(C)C)CC2)c1. The summed E-state index contributed by atoms with van der Waals surface area (Å²) in [5.41, 5.74) is 1.15. The Balaban J connectivity index is 1.97. The first-order valence-corrected chi connectivity index (χ1v) is 6.47. The van der Waals surface area contributed by atoms with Crippen molar-refractivity contribution in [3.63, 3.8) is 0 Å². The van der Waals surface area contributed by atoms with Gasteiger partial charge in [-0.2, -0.15) is 0 Å². The first-order valence-electron chi connectivity index (χ1n) is 6.47. The highest BCUT2D eigenvalue weighted by Gasteiger charge is 2.22. The standard InChI is InChI=1S/C14H21N3O2/c1-15(2)14(18)17-9-7-16(8-10-17)12-5-4-6-13(11-12)19-3/h4-6,11H,7-10H2,1-3H3. The van der Waals surface area contributed by atoms with E-state index < -0.39 is 0 Å². The molecule has 1 fully saturated rings. The van der Waals surface area contributed by atoms with Crippen LogP contribution < -0.4 is 9.64 Å². The number of methoxy groups -OCH3 is 1. The molecule has 0 N–H and O–H groups in total. The van der Waals surface area contributed by atoms with Crippen molar-refractivity contribution < 1.29 is 9.53 Å². The molecule has 1 aromatic carbocycles. The summed E-state index contributed by atoms with van der Waals surface area (Å²) < 4.78 is 5.24. The summed E-state index contributed by atoms with van der Waals surface area (Å²) >= 11 is 0. The lowest BCUT2D eigenvalue weighted by atomic mass is 10.2. The van der Waals surface area contributed by atoms with E-state index in [9.17, 15) is 4.79 Å². The predicted molar refractivity (Wildman–Crippen MR) is 75.9 cm³/mol. The third kappa shape index (κ3) is 3.10. The number of carbonyl (C=O) groups excluding carboxylic acids is 1. The van der Waals surface area contributed by atoms with E-state index in [0.717, 1.165) is 37.6 Å². The van der Waals surface area contributed by atoms with Gasteiger partial charge in [0.15, 0.2) is 0 Å². The summed E-state index contributed by atoms with van der Waals surface area (Å²) in [5.74, 6) is 0.865. The maximum atomic E-state index is 11.9. The maximum Gasteiger partial charge on any atom is 0.319 e. The number of anilines is 1. The second-order valence-corrected chi connectivity index (χ2v) is 4.85. The van der Waals surface area contributed by atoms with E-state index in [4.69, 9.17) is 4.74 Å². The number of rotatable bonds is 2. The van der Waals surface area contributed by atoms with Crippen molar-refractivity contribution in [2.45, 2.75) is 0 Å². The summed E-state index contributed by atoms with van der Waals surface area (Å²) in [7, 11) is 5.25. The molecule has 2 amide bonds. The van der Waals surface area contributed by atoms with Gasteiger partial charge in [0.05, 0.1) is 7.11 Å². The van der Waals surface area contributed by atoms with Gasteiger partial charge in [0.25, 0.3) is 0 Å². The molecular weight excluding hydrogens is 242 g/mol. The van der Waals surface area contributed by atoms with Crippen LogP contribution in [0.3, 0.4) is 0 Å². The second-order valence-electron chi connectivity index (χ2n) is 4.85. The summed E-state index contributed by atoms with van der Waals surface area (Å²) in [6, 6.07) is 8.13. The van der Waals surface area contributed by atoms with Gasteiger partial charge >= 0.3 is 6.03 Å². The highest BCUT2D eigenvalue weighted by Crippen LogP contribution is 2.22. The Morgan fingerprint density at radius 2 is 1.89 bits per heavy atom. The van der Waals surface area contributed by atoms with Gasteiger partial charge in [-0.1, -0.05) is 6.07 Å². The van der Waals surface area contributed by atoms with Crippen LogP contribution in [0.4, 0.5) is 10.5 Å². The number of piperazine rings is 1. The van der Waals surface area contributed by atoms with Crippen molar-refractivity contribution >= 4 is 11.7 Å². The Morgan fingerprint density at radius 1 is 1.21 bits per heavy atom. The molecule has 0 bridgehead atoms. The quantitative estimate of drug-likeness (QED) is 0.811. The summed E-state index contributed by atoms with van der Waals surface area (Å²) in [5, 5.41) is 0. The van der Waals surface area contributed by atoms with Gasteiger partial charge in [0, 0.05) is 52.0 Å². The lowest BCUT2D eigenvalue weighted by Gasteiger charge is -2.37. The zero-order chi connectivity index (χ0) is 13.8. The van der Waals surface area contributed by atoms with E-state index >= 15 is 0 Å². The second kappa shape index (κ2) is 5.82. The van der Waals surface area contributed by atoms with E-state index in [1.807, 2.05) is 23.1 Å². The molecule has 0 aromatic heterocycles. The van der Waals surface area contributed by atoms with Crippen molar-refractivity contribution in [1.82, 2.24) is 9.80 Å². The smallest absolute Gasteiger partial charge is 0.319 e. The number of hydrogen-bond donors (Lipinski definition) is 0. The van der Waals surface area contributed by atoms with Crippen LogP contribution in [0.25, 0.3) is 0 Å². The highest BCUT2D eigenvalue weighted by molar-refractivity contribution is 5.74. The van der Waals surface area contributed by atoms with E-state index in [1.165, 1.54) is 0 Å². The molecule has 104 valence electrons. The van der Waals surface area contributed by atoms with Crippen LogP contribution in [0, 0.1) is 0 Å². The topological polar surface area (TPSA) is 36.0 Å². The van der Waals surface area contributed by atoms with Crippen molar-refractivity contribution in [3.05, 3.63) is 24.3 Å². The lowest BCUT2D eigenvalue weighted by molar-refractivity contribution is 0.168. The molecular formula is C14H21N3O2. The Morgan fingerprint density at radius 3 is 2.47 bits per heavy atom. The fourth-order valence-electron chi connectivity index (χ4n) is 2.25. The van der Waals surface area contributed by atoms with Crippen LogP contribution in [0.1, 0.15) is 0 Å². The fraction of sp³-hybridized carbons (Fsp3) is 0.500. The highest BCUT2D eigenvalue weighted by atomic mass is 16.5. The Kier molecular flexibility index (Phi) is 4.14. The average Bonchev–Trinajstić information content (AvgIpc) is 2.46. The van der Waals surface area contributed by atoms with Crippen molar-refractivity contribution in [2.75, 3.05) is 52.3 Å². The molecule has 1 saturated heterocycles. The molecule has 5 heteroatoms. The minimum atomic E-state index is 0.0882. The predicted octanol–water partition coefficient (Wildman–Crippen LogP) is 1.50. The van der Waals surface area contributed by atoms with Crippen LogP contribution in [-0.2, 0) is 0 Å². The molecule has 19 heavy (non-hydrogen) atoms. The van der Waals surface area contributed by atoms with Gasteiger partial charge in [-0.05, 0) is 12.1 Å². The van der Waals surface area contributed by atoms with Crippen molar-refractivity contribution in [1.29, 1.82) is 0 Å². The van der Waals surface area contributed by atoms with Crippen LogP contribution in [0.5, 0.6) is 5.75 Å². The molecule has 1 heterocycles. The van der Waals surface area contributed by atoms with Gasteiger partial charge in [-0.15, -0.1) is 0 Å². The van der Waals surface area contributed by atoms with Crippen LogP contribution in [0.15, 0.2) is 24.3 Å². The molecule has 1 aliphatic heterocycles. The Bertz CT molecular complexity index is 440. The lowest BCUT2D eigenvalue weighted by Crippen LogP contribution is -2.51. The van der Waals surface area contributed by atoms with Gasteiger partial charge in [0.1, 0.15) is 5.75 Å². The molecule has 0 radical (unpaired) electrons. The van der Waals surface area contributed by atoms with Crippen molar-refractivity contribution in [3.8, 4) is 5.75 Å². The summed E-state index contributed by atoms with van der Waals surface area (Å²) in [6.07, 6.45) is 0. The minimum Gasteiger partial charge on any atom is -0.497 e. The van der Waals surface area contributed by atoms with Crippen LogP contribution in [0.2, 0.25) is 0 Å². The van der Waals surface area contributed by atoms with Crippen LogP contribution >= 0.6 is 0 Å². The Hall–Kier alpha value is -1.91. The molecule has 0 spiro atoms. The molecule has 5 nitrogen and oxygen atoms in total. The molecule has 2 rings (SSSR count). The summed E-state index contributed by atoms with van der Waals surface area (Å²) in [6.45, 7) is 3.22. The number of nitrogens with zero attached hydrogens (tertiary/aromatic N) is 3. The zero-order valence-corrected chi connectivity index (χ0v) is 11.8. The first-order chi connectivity index (χ1) is 9.11. The van der Waals surface area contributed by atoms with Crippen LogP contribution in [-0.4, -0.2) is 63.2 Å². The molecule has 0 unspecified atom stereocenters.